The standard InChI is InChI=1S/C21H29N3O5/c1-21(2,3)29-20(27)24-11-15-8-9-23(12-16(15)13-24)18(25)14-6-5-7-17(10-14)22-19(26)28-4/h5-7,10,15-16H,8-9,11-13H2,1-4H3,(H,22,26). The summed E-state index contributed by atoms with van der Waals surface area (Å²) in [5, 5.41) is 2.57. The third kappa shape index (κ3) is 5.19. The number of carbonyl (C=O) groups is 3. The van der Waals surface area contributed by atoms with Crippen molar-refractivity contribution in [3.8, 4) is 0 Å². The Bertz CT molecular complexity index is 789. The molecule has 0 radical (unpaired) electrons. The highest BCUT2D eigenvalue weighted by Gasteiger charge is 2.41. The lowest BCUT2D eigenvalue weighted by Crippen LogP contribution is -2.43. The number of anilines is 1. The molecule has 1 N–H and O–H groups in total. The van der Waals surface area contributed by atoms with E-state index in [0.717, 1.165) is 6.42 Å². The molecule has 158 valence electrons. The van der Waals surface area contributed by atoms with Crippen molar-refractivity contribution >= 4 is 23.8 Å². The number of nitrogens with zero attached hydrogens (tertiary/aromatic N) is 2. The fourth-order valence-electron chi connectivity index (χ4n) is 3.91. The number of carbonyl (C=O) groups excluding carboxylic acids is 3. The van der Waals surface area contributed by atoms with E-state index in [4.69, 9.17) is 4.74 Å². The number of hydrogen-bond acceptors (Lipinski definition) is 5. The Morgan fingerprint density at radius 3 is 2.45 bits per heavy atom. The zero-order valence-electron chi connectivity index (χ0n) is 17.4. The van der Waals surface area contributed by atoms with Crippen LogP contribution in [0, 0.1) is 11.8 Å². The van der Waals surface area contributed by atoms with Gasteiger partial charge in [0, 0.05) is 37.4 Å². The van der Waals surface area contributed by atoms with Crippen molar-refractivity contribution in [1.82, 2.24) is 9.80 Å². The molecule has 8 heteroatoms. The van der Waals surface area contributed by atoms with Gasteiger partial charge in [-0.2, -0.15) is 0 Å². The summed E-state index contributed by atoms with van der Waals surface area (Å²) in [4.78, 5) is 40.3. The van der Waals surface area contributed by atoms with E-state index in [0.29, 0.717) is 43.3 Å². The lowest BCUT2D eigenvalue weighted by Gasteiger charge is -2.34. The number of likely N-dealkylation sites (tertiary alicyclic amines) is 2. The molecule has 2 unspecified atom stereocenters. The van der Waals surface area contributed by atoms with Crippen LogP contribution in [0.2, 0.25) is 0 Å². The maximum Gasteiger partial charge on any atom is 0.411 e. The predicted molar refractivity (Wildman–Crippen MR) is 108 cm³/mol. The van der Waals surface area contributed by atoms with E-state index in [1.807, 2.05) is 25.7 Å². The lowest BCUT2D eigenvalue weighted by atomic mass is 9.88. The molecule has 1 aromatic rings. The number of methoxy groups -OCH3 is 1. The summed E-state index contributed by atoms with van der Waals surface area (Å²) in [6, 6.07) is 6.81. The Kier molecular flexibility index (Phi) is 6.00. The van der Waals surface area contributed by atoms with E-state index >= 15 is 0 Å². The van der Waals surface area contributed by atoms with Crippen molar-refractivity contribution in [3.05, 3.63) is 29.8 Å². The Labute approximate surface area is 171 Å². The quantitative estimate of drug-likeness (QED) is 0.819. The first-order valence-electron chi connectivity index (χ1n) is 9.88. The largest absolute Gasteiger partial charge is 0.453 e. The van der Waals surface area contributed by atoms with Gasteiger partial charge in [0.05, 0.1) is 7.11 Å². The molecule has 2 atom stereocenters. The number of amides is 3. The topological polar surface area (TPSA) is 88.2 Å². The monoisotopic (exact) mass is 403 g/mol. The maximum absolute atomic E-state index is 13.0. The first kappa shape index (κ1) is 21.0. The van der Waals surface area contributed by atoms with Gasteiger partial charge in [-0.05, 0) is 57.2 Å². The zero-order valence-corrected chi connectivity index (χ0v) is 17.4. The van der Waals surface area contributed by atoms with E-state index in [1.54, 1.807) is 29.2 Å². The molecular weight excluding hydrogens is 374 g/mol. The predicted octanol–water partition coefficient (Wildman–Crippen LogP) is 3.19. The SMILES string of the molecule is COC(=O)Nc1cccc(C(=O)N2CCC3CN(C(=O)OC(C)(C)C)CC3C2)c1. The molecule has 0 bridgehead atoms. The van der Waals surface area contributed by atoms with Gasteiger partial charge < -0.3 is 19.3 Å². The second-order valence-corrected chi connectivity index (χ2v) is 8.64. The van der Waals surface area contributed by atoms with Crippen LogP contribution in [-0.2, 0) is 9.47 Å². The highest BCUT2D eigenvalue weighted by Crippen LogP contribution is 2.32. The molecule has 1 aromatic carbocycles. The number of nitrogens with one attached hydrogen (secondary N) is 1. The molecule has 2 aliphatic heterocycles. The Morgan fingerprint density at radius 2 is 1.76 bits per heavy atom. The molecule has 0 saturated carbocycles. The summed E-state index contributed by atoms with van der Waals surface area (Å²) in [6.45, 7) is 8.12. The Hall–Kier alpha value is -2.77. The van der Waals surface area contributed by atoms with Crippen LogP contribution in [0.1, 0.15) is 37.6 Å². The molecule has 29 heavy (non-hydrogen) atoms. The minimum atomic E-state index is -0.580. The molecule has 0 spiro atoms. The van der Waals surface area contributed by atoms with Gasteiger partial charge in [0.25, 0.3) is 5.91 Å². The molecule has 3 amide bonds. The van der Waals surface area contributed by atoms with Crippen LogP contribution in [0.15, 0.2) is 24.3 Å². The summed E-state index contributed by atoms with van der Waals surface area (Å²) in [6.07, 6.45) is -0.00882. The van der Waals surface area contributed by atoms with Crippen LogP contribution in [-0.4, -0.2) is 66.8 Å². The Morgan fingerprint density at radius 1 is 1.07 bits per heavy atom. The van der Waals surface area contributed by atoms with E-state index in [-0.39, 0.29) is 17.9 Å². The third-order valence-electron chi connectivity index (χ3n) is 5.28. The molecule has 2 aliphatic rings. The number of rotatable bonds is 2. The molecule has 3 rings (SSSR count). The number of piperidine rings is 1. The molecule has 8 nitrogen and oxygen atoms in total. The Balaban J connectivity index is 1.62. The van der Waals surface area contributed by atoms with Crippen molar-refractivity contribution in [2.24, 2.45) is 11.8 Å². The molecular formula is C21H29N3O5. The minimum absolute atomic E-state index is 0.0762. The van der Waals surface area contributed by atoms with Crippen LogP contribution >= 0.6 is 0 Å². The van der Waals surface area contributed by atoms with Gasteiger partial charge in [-0.1, -0.05) is 6.07 Å². The summed E-state index contributed by atoms with van der Waals surface area (Å²) >= 11 is 0. The van der Waals surface area contributed by atoms with Crippen LogP contribution in [0.25, 0.3) is 0 Å². The van der Waals surface area contributed by atoms with Gasteiger partial charge in [0.1, 0.15) is 5.60 Å². The zero-order chi connectivity index (χ0) is 21.2. The van der Waals surface area contributed by atoms with E-state index in [2.05, 4.69) is 10.1 Å². The van der Waals surface area contributed by atoms with Gasteiger partial charge in [0.2, 0.25) is 0 Å². The fourth-order valence-corrected chi connectivity index (χ4v) is 3.91. The first-order valence-corrected chi connectivity index (χ1v) is 9.88. The normalized spacial score (nSPS) is 21.4. The van der Waals surface area contributed by atoms with E-state index < -0.39 is 11.7 Å². The van der Waals surface area contributed by atoms with Crippen molar-refractivity contribution in [2.45, 2.75) is 32.8 Å². The lowest BCUT2D eigenvalue weighted by molar-refractivity contribution is 0.0284. The van der Waals surface area contributed by atoms with E-state index in [9.17, 15) is 14.4 Å². The second-order valence-electron chi connectivity index (χ2n) is 8.64. The average Bonchev–Trinajstić information content (AvgIpc) is 3.09. The summed E-state index contributed by atoms with van der Waals surface area (Å²) in [5.74, 6) is 0.558. The number of ether oxygens (including phenoxy) is 2. The first-order chi connectivity index (χ1) is 13.7. The third-order valence-corrected chi connectivity index (χ3v) is 5.28. The second kappa shape index (κ2) is 8.31. The molecule has 0 aliphatic carbocycles. The van der Waals surface area contributed by atoms with Gasteiger partial charge in [-0.15, -0.1) is 0 Å². The van der Waals surface area contributed by atoms with Crippen LogP contribution < -0.4 is 5.32 Å². The van der Waals surface area contributed by atoms with Crippen LogP contribution in [0.4, 0.5) is 15.3 Å². The molecule has 0 aromatic heterocycles. The molecule has 2 saturated heterocycles. The average molecular weight is 403 g/mol. The highest BCUT2D eigenvalue weighted by atomic mass is 16.6. The van der Waals surface area contributed by atoms with Gasteiger partial charge in [-0.3, -0.25) is 10.1 Å². The van der Waals surface area contributed by atoms with Gasteiger partial charge in [-0.25, -0.2) is 9.59 Å². The van der Waals surface area contributed by atoms with E-state index in [1.165, 1.54) is 7.11 Å². The van der Waals surface area contributed by atoms with Crippen LogP contribution in [0.5, 0.6) is 0 Å². The fraction of sp³-hybridized carbons (Fsp3) is 0.571. The van der Waals surface area contributed by atoms with Crippen LogP contribution in [0.3, 0.4) is 0 Å². The van der Waals surface area contributed by atoms with Crippen molar-refractivity contribution in [3.63, 3.8) is 0 Å². The summed E-state index contributed by atoms with van der Waals surface area (Å²) < 4.78 is 10.1. The van der Waals surface area contributed by atoms with Crippen molar-refractivity contribution in [2.75, 3.05) is 38.6 Å². The maximum atomic E-state index is 13.0. The van der Waals surface area contributed by atoms with Gasteiger partial charge >= 0.3 is 12.2 Å². The molecule has 2 heterocycles. The smallest absolute Gasteiger partial charge is 0.411 e. The summed E-state index contributed by atoms with van der Waals surface area (Å²) in [5.41, 5.74) is 0.504. The van der Waals surface area contributed by atoms with Crippen molar-refractivity contribution < 1.29 is 23.9 Å². The summed E-state index contributed by atoms with van der Waals surface area (Å²) in [7, 11) is 1.29. The minimum Gasteiger partial charge on any atom is -0.453 e. The highest BCUT2D eigenvalue weighted by molar-refractivity contribution is 5.96. The van der Waals surface area contributed by atoms with Crippen molar-refractivity contribution in [1.29, 1.82) is 0 Å². The number of benzene rings is 1. The molecule has 2 fully saturated rings. The number of fused-ring (bicyclic) bond motifs is 1. The van der Waals surface area contributed by atoms with Gasteiger partial charge in [0.15, 0.2) is 0 Å². The number of hydrogen-bond donors (Lipinski definition) is 1.